The van der Waals surface area contributed by atoms with Crippen LogP contribution in [-0.4, -0.2) is 31.3 Å². The molecular weight excluding hydrogens is 370 g/mol. The SMILES string of the molecule is [CH2]COc1c(C(C)=O)cc(CC)cc1C(Nc1ccc(C(=N)N)cc1)C(=O)OC. The maximum Gasteiger partial charge on any atom is 0.333 e. The normalized spacial score (nSPS) is 11.4. The fourth-order valence-electron chi connectivity index (χ4n) is 2.95. The van der Waals surface area contributed by atoms with Gasteiger partial charge in [-0.3, -0.25) is 10.2 Å². The number of nitrogen functional groups attached to an aromatic ring is 1. The highest BCUT2D eigenvalue weighted by molar-refractivity contribution is 5.98. The molecule has 0 aliphatic carbocycles. The molecule has 0 saturated carbocycles. The molecular formula is C22H26N3O4. The van der Waals surface area contributed by atoms with Crippen LogP contribution < -0.4 is 15.8 Å². The van der Waals surface area contributed by atoms with Crippen molar-refractivity contribution in [1.82, 2.24) is 0 Å². The predicted octanol–water partition coefficient (Wildman–Crippen LogP) is 3.27. The lowest BCUT2D eigenvalue weighted by atomic mass is 9.95. The van der Waals surface area contributed by atoms with Crippen molar-refractivity contribution < 1.29 is 19.1 Å². The molecule has 0 aliphatic heterocycles. The van der Waals surface area contributed by atoms with Gasteiger partial charge in [-0.25, -0.2) is 4.79 Å². The fraction of sp³-hybridized carbons (Fsp3) is 0.273. The number of carbonyl (C=O) groups is 2. The van der Waals surface area contributed by atoms with E-state index in [9.17, 15) is 9.59 Å². The minimum Gasteiger partial charge on any atom is -0.492 e. The number of ketones is 1. The van der Waals surface area contributed by atoms with Gasteiger partial charge in [-0.15, -0.1) is 0 Å². The largest absolute Gasteiger partial charge is 0.492 e. The van der Waals surface area contributed by atoms with Crippen molar-refractivity contribution in [2.75, 3.05) is 19.0 Å². The van der Waals surface area contributed by atoms with Crippen molar-refractivity contribution in [1.29, 1.82) is 5.41 Å². The van der Waals surface area contributed by atoms with Crippen LogP contribution in [0.2, 0.25) is 0 Å². The Morgan fingerprint density at radius 3 is 2.38 bits per heavy atom. The highest BCUT2D eigenvalue weighted by atomic mass is 16.5. The van der Waals surface area contributed by atoms with Crippen LogP contribution in [0.4, 0.5) is 5.69 Å². The van der Waals surface area contributed by atoms with Crippen molar-refractivity contribution in [3.8, 4) is 5.75 Å². The second-order valence-corrected chi connectivity index (χ2v) is 6.41. The van der Waals surface area contributed by atoms with Gasteiger partial charge in [-0.05, 0) is 62.2 Å². The van der Waals surface area contributed by atoms with Gasteiger partial charge < -0.3 is 20.5 Å². The Kier molecular flexibility index (Phi) is 7.36. The number of amidine groups is 1. The van der Waals surface area contributed by atoms with E-state index in [-0.39, 0.29) is 18.2 Å². The van der Waals surface area contributed by atoms with E-state index < -0.39 is 12.0 Å². The van der Waals surface area contributed by atoms with E-state index >= 15 is 0 Å². The number of methoxy groups -OCH3 is 1. The molecule has 2 rings (SSSR count). The van der Waals surface area contributed by atoms with Crippen LogP contribution in [0.25, 0.3) is 0 Å². The van der Waals surface area contributed by atoms with Crippen LogP contribution >= 0.6 is 0 Å². The summed E-state index contributed by atoms with van der Waals surface area (Å²) in [5.41, 5.74) is 8.47. The van der Waals surface area contributed by atoms with Crippen LogP contribution in [0.3, 0.4) is 0 Å². The molecule has 2 aromatic rings. The van der Waals surface area contributed by atoms with Crippen LogP contribution in [0.15, 0.2) is 36.4 Å². The Morgan fingerprint density at radius 1 is 1.24 bits per heavy atom. The Morgan fingerprint density at radius 2 is 1.90 bits per heavy atom. The molecule has 1 radical (unpaired) electrons. The number of nitrogens with two attached hydrogens (primary N) is 1. The first-order chi connectivity index (χ1) is 13.8. The number of hydrogen-bond acceptors (Lipinski definition) is 6. The van der Waals surface area contributed by atoms with Gasteiger partial charge in [0.05, 0.1) is 19.3 Å². The van der Waals surface area contributed by atoms with E-state index in [1.807, 2.05) is 13.0 Å². The van der Waals surface area contributed by atoms with Crippen molar-refractivity contribution in [3.05, 3.63) is 65.6 Å². The van der Waals surface area contributed by atoms with Crippen LogP contribution in [-0.2, 0) is 16.0 Å². The van der Waals surface area contributed by atoms with Gasteiger partial charge in [0, 0.05) is 16.8 Å². The van der Waals surface area contributed by atoms with E-state index in [1.165, 1.54) is 14.0 Å². The zero-order valence-corrected chi connectivity index (χ0v) is 16.9. The molecule has 0 aromatic heterocycles. The number of rotatable bonds is 9. The Bertz CT molecular complexity index is 907. The lowest BCUT2D eigenvalue weighted by Gasteiger charge is -2.23. The zero-order valence-electron chi connectivity index (χ0n) is 16.9. The molecule has 4 N–H and O–H groups in total. The van der Waals surface area contributed by atoms with Gasteiger partial charge in [0.1, 0.15) is 11.6 Å². The Hall–Kier alpha value is -3.35. The van der Waals surface area contributed by atoms with Gasteiger partial charge in [0.25, 0.3) is 0 Å². The molecule has 0 fully saturated rings. The van der Waals surface area contributed by atoms with Gasteiger partial charge in [-0.2, -0.15) is 0 Å². The summed E-state index contributed by atoms with van der Waals surface area (Å²) in [6, 6.07) is 9.47. The molecule has 7 heteroatoms. The minimum absolute atomic E-state index is 0.0473. The molecule has 0 amide bonds. The number of Topliss-reactive ketones (excluding diaryl/α,β-unsaturated/α-hetero) is 1. The molecule has 7 nitrogen and oxygen atoms in total. The van der Waals surface area contributed by atoms with E-state index in [2.05, 4.69) is 12.2 Å². The van der Waals surface area contributed by atoms with Crippen molar-refractivity contribution >= 4 is 23.3 Å². The second kappa shape index (κ2) is 9.73. The summed E-state index contributed by atoms with van der Waals surface area (Å²) in [7, 11) is 1.30. The minimum atomic E-state index is -0.908. The molecule has 153 valence electrons. The van der Waals surface area contributed by atoms with Gasteiger partial charge >= 0.3 is 5.97 Å². The zero-order chi connectivity index (χ0) is 21.6. The van der Waals surface area contributed by atoms with Gasteiger partial charge in [0.15, 0.2) is 11.8 Å². The van der Waals surface area contributed by atoms with E-state index in [4.69, 9.17) is 20.6 Å². The predicted molar refractivity (Wildman–Crippen MR) is 113 cm³/mol. The van der Waals surface area contributed by atoms with Gasteiger partial charge in [0.2, 0.25) is 0 Å². The molecule has 2 aromatic carbocycles. The first-order valence-electron chi connectivity index (χ1n) is 9.20. The van der Waals surface area contributed by atoms with Crippen LogP contribution in [0.1, 0.15) is 46.9 Å². The van der Waals surface area contributed by atoms with E-state index in [1.54, 1.807) is 30.3 Å². The monoisotopic (exact) mass is 396 g/mol. The van der Waals surface area contributed by atoms with Crippen molar-refractivity contribution in [2.45, 2.75) is 26.3 Å². The fourth-order valence-corrected chi connectivity index (χ4v) is 2.95. The first-order valence-corrected chi connectivity index (χ1v) is 9.20. The molecule has 0 bridgehead atoms. The number of anilines is 1. The topological polar surface area (TPSA) is 115 Å². The average molecular weight is 396 g/mol. The number of aryl methyl sites for hydroxylation is 1. The summed E-state index contributed by atoms with van der Waals surface area (Å²) in [6.07, 6.45) is 0.680. The third-order valence-corrected chi connectivity index (χ3v) is 4.47. The smallest absolute Gasteiger partial charge is 0.333 e. The van der Waals surface area contributed by atoms with E-state index in [0.717, 1.165) is 5.56 Å². The van der Waals surface area contributed by atoms with Crippen molar-refractivity contribution in [3.63, 3.8) is 0 Å². The average Bonchev–Trinajstić information content (AvgIpc) is 2.72. The summed E-state index contributed by atoms with van der Waals surface area (Å²) >= 11 is 0. The highest BCUT2D eigenvalue weighted by Crippen LogP contribution is 2.34. The van der Waals surface area contributed by atoms with Crippen LogP contribution in [0, 0.1) is 12.3 Å². The molecule has 0 saturated heterocycles. The maximum absolute atomic E-state index is 12.6. The number of benzene rings is 2. The number of esters is 1. The summed E-state index contributed by atoms with van der Waals surface area (Å²) < 4.78 is 10.7. The van der Waals surface area contributed by atoms with Crippen molar-refractivity contribution in [2.24, 2.45) is 5.73 Å². The summed E-state index contributed by atoms with van der Waals surface area (Å²) in [5, 5.41) is 10.6. The van der Waals surface area contributed by atoms with Gasteiger partial charge in [-0.1, -0.05) is 6.92 Å². The lowest BCUT2D eigenvalue weighted by molar-refractivity contribution is -0.141. The van der Waals surface area contributed by atoms with Crippen LogP contribution in [0.5, 0.6) is 5.75 Å². The Balaban J connectivity index is 2.58. The molecule has 0 heterocycles. The standard InChI is InChI=1S/C22H26N3O4/c1-5-14-11-17(13(3)26)20(29-6-2)18(12-14)19(22(27)28-4)25-16-9-7-15(8-10-16)21(23)24/h7-12,19,25H,2,5-6H2,1,3-4H3,(H3,23,24). The first kappa shape index (κ1) is 21.9. The molecule has 0 aliphatic rings. The number of ether oxygens (including phenoxy) is 2. The molecule has 1 unspecified atom stereocenters. The number of carbonyl (C=O) groups excluding carboxylic acids is 2. The third-order valence-electron chi connectivity index (χ3n) is 4.47. The molecule has 1 atom stereocenters. The summed E-state index contributed by atoms with van der Waals surface area (Å²) in [5.74, 6) is -0.432. The lowest BCUT2D eigenvalue weighted by Crippen LogP contribution is -2.24. The van der Waals surface area contributed by atoms with E-state index in [0.29, 0.717) is 34.5 Å². The molecule has 29 heavy (non-hydrogen) atoms. The second-order valence-electron chi connectivity index (χ2n) is 6.41. The summed E-state index contributed by atoms with van der Waals surface area (Å²) in [6.45, 7) is 7.21. The molecule has 0 spiro atoms. The summed E-state index contributed by atoms with van der Waals surface area (Å²) in [4.78, 5) is 24.8. The third kappa shape index (κ3) is 5.13. The Labute approximate surface area is 170 Å². The maximum atomic E-state index is 12.6. The number of nitrogens with one attached hydrogen (secondary N) is 2. The quantitative estimate of drug-likeness (QED) is 0.259. The number of hydrogen-bond donors (Lipinski definition) is 3. The highest BCUT2D eigenvalue weighted by Gasteiger charge is 2.28.